The van der Waals surface area contributed by atoms with E-state index >= 15 is 0 Å². The lowest BCUT2D eigenvalue weighted by Gasteiger charge is -2.00. The van der Waals surface area contributed by atoms with Crippen molar-refractivity contribution in [1.82, 2.24) is 10.2 Å². The zero-order valence-electron chi connectivity index (χ0n) is 9.15. The van der Waals surface area contributed by atoms with Crippen molar-refractivity contribution < 1.29 is 19.2 Å². The van der Waals surface area contributed by atoms with Crippen LogP contribution >= 0.6 is 0 Å². The van der Waals surface area contributed by atoms with E-state index in [4.69, 9.17) is 9.52 Å². The average Bonchev–Trinajstić information content (AvgIpc) is 2.77. The zero-order valence-corrected chi connectivity index (χ0v) is 9.15. The molecule has 0 atom stereocenters. The summed E-state index contributed by atoms with van der Waals surface area (Å²) in [5.74, 6) is -2.19. The van der Waals surface area contributed by atoms with Crippen molar-refractivity contribution in [1.29, 1.82) is 0 Å². The zero-order chi connectivity index (χ0) is 13.3. The first-order valence-electron chi connectivity index (χ1n) is 4.82. The summed E-state index contributed by atoms with van der Waals surface area (Å²) in [4.78, 5) is 21.0. The maximum Gasteiger partial charge on any atom is 0.393 e. The predicted octanol–water partition coefficient (Wildman–Crippen LogP) is 1.65. The number of nitro groups is 1. The summed E-state index contributed by atoms with van der Waals surface area (Å²) in [6, 6.07) is 4.57. The molecular formula is C10H7N3O5. The Balaban J connectivity index is 2.59. The van der Waals surface area contributed by atoms with Crippen LogP contribution in [0.5, 0.6) is 0 Å². The van der Waals surface area contributed by atoms with Crippen molar-refractivity contribution in [2.45, 2.75) is 6.92 Å². The molecule has 1 N–H and O–H groups in total. The van der Waals surface area contributed by atoms with Gasteiger partial charge >= 0.3 is 11.9 Å². The molecule has 0 unspecified atom stereocenters. The van der Waals surface area contributed by atoms with Crippen molar-refractivity contribution in [3.8, 4) is 11.5 Å². The van der Waals surface area contributed by atoms with Gasteiger partial charge in [-0.3, -0.25) is 10.1 Å². The quantitative estimate of drug-likeness (QED) is 0.648. The molecule has 1 aromatic heterocycles. The molecule has 0 saturated heterocycles. The van der Waals surface area contributed by atoms with E-state index in [9.17, 15) is 14.9 Å². The Morgan fingerprint density at radius 2 is 2.17 bits per heavy atom. The largest absolute Gasteiger partial charge is 0.474 e. The van der Waals surface area contributed by atoms with Gasteiger partial charge in [0.15, 0.2) is 0 Å². The maximum atomic E-state index is 11.0. The van der Waals surface area contributed by atoms with Crippen LogP contribution in [0.15, 0.2) is 22.6 Å². The Kier molecular flexibility index (Phi) is 2.76. The summed E-state index contributed by atoms with van der Waals surface area (Å²) in [6.45, 7) is 1.57. The molecule has 0 bridgehead atoms. The Hall–Kier alpha value is -2.77. The van der Waals surface area contributed by atoms with Gasteiger partial charge in [-0.1, -0.05) is 12.1 Å². The lowest BCUT2D eigenvalue weighted by atomic mass is 10.1. The fraction of sp³-hybridized carbons (Fsp3) is 0.100. The molecule has 18 heavy (non-hydrogen) atoms. The van der Waals surface area contributed by atoms with E-state index in [1.54, 1.807) is 19.1 Å². The fourth-order valence-corrected chi connectivity index (χ4v) is 1.49. The van der Waals surface area contributed by atoms with Gasteiger partial charge in [-0.15, -0.1) is 10.2 Å². The van der Waals surface area contributed by atoms with E-state index in [0.29, 0.717) is 5.56 Å². The molecule has 0 saturated carbocycles. The summed E-state index contributed by atoms with van der Waals surface area (Å²) in [5, 5.41) is 26.4. The Labute approximate surface area is 100 Å². The van der Waals surface area contributed by atoms with Gasteiger partial charge in [0.1, 0.15) is 5.56 Å². The second kappa shape index (κ2) is 4.24. The normalized spacial score (nSPS) is 10.3. The number of aromatic nitrogens is 2. The van der Waals surface area contributed by atoms with Gasteiger partial charge in [-0.05, 0) is 13.0 Å². The number of benzene rings is 1. The highest BCUT2D eigenvalue weighted by Gasteiger charge is 2.23. The first-order chi connectivity index (χ1) is 8.50. The van der Waals surface area contributed by atoms with Gasteiger partial charge in [-0.25, -0.2) is 4.79 Å². The van der Waals surface area contributed by atoms with Gasteiger partial charge in [0.05, 0.1) is 4.92 Å². The number of para-hydroxylation sites is 1. The number of hydrogen-bond acceptors (Lipinski definition) is 6. The Morgan fingerprint density at radius 3 is 2.72 bits per heavy atom. The minimum absolute atomic E-state index is 0.0972. The average molecular weight is 249 g/mol. The number of carboxylic acid groups (broad SMARTS) is 1. The van der Waals surface area contributed by atoms with Crippen LogP contribution in [0.1, 0.15) is 16.2 Å². The van der Waals surface area contributed by atoms with E-state index in [1.165, 1.54) is 6.07 Å². The number of hydrogen-bond donors (Lipinski definition) is 1. The molecular weight excluding hydrogens is 242 g/mol. The number of aryl methyl sites for hydroxylation is 1. The van der Waals surface area contributed by atoms with Crippen LogP contribution in [0.3, 0.4) is 0 Å². The molecule has 0 spiro atoms. The third kappa shape index (κ3) is 1.90. The molecule has 0 aliphatic rings. The number of carboxylic acids is 1. The van der Waals surface area contributed by atoms with Crippen LogP contribution < -0.4 is 0 Å². The lowest BCUT2D eigenvalue weighted by Crippen LogP contribution is -1.95. The maximum absolute atomic E-state index is 11.0. The molecule has 0 fully saturated rings. The van der Waals surface area contributed by atoms with Crippen molar-refractivity contribution in [2.75, 3.05) is 0 Å². The van der Waals surface area contributed by atoms with E-state index in [1.807, 2.05) is 0 Å². The summed E-state index contributed by atoms with van der Waals surface area (Å²) < 4.78 is 4.85. The SMILES string of the molecule is Cc1cccc(-c2nnc(C(=O)O)o2)c1[N+](=O)[O-]. The number of nitrogens with zero attached hydrogens (tertiary/aromatic N) is 3. The molecule has 8 nitrogen and oxygen atoms in total. The first-order valence-corrected chi connectivity index (χ1v) is 4.82. The van der Waals surface area contributed by atoms with E-state index in [-0.39, 0.29) is 17.1 Å². The van der Waals surface area contributed by atoms with Gasteiger partial charge in [-0.2, -0.15) is 0 Å². The standard InChI is InChI=1S/C10H7N3O5/c1-5-3-2-4-6(7(5)13(16)17)8-11-12-9(18-8)10(14)15/h2-4H,1H3,(H,14,15). The van der Waals surface area contributed by atoms with Gasteiger partial charge in [0, 0.05) is 5.56 Å². The molecule has 1 aromatic carbocycles. The molecule has 2 rings (SSSR count). The van der Waals surface area contributed by atoms with Crippen LogP contribution in [0.2, 0.25) is 0 Å². The Morgan fingerprint density at radius 1 is 1.44 bits per heavy atom. The highest BCUT2D eigenvalue weighted by atomic mass is 16.6. The molecule has 2 aromatic rings. The molecule has 1 heterocycles. The van der Waals surface area contributed by atoms with E-state index < -0.39 is 16.8 Å². The smallest absolute Gasteiger partial charge is 0.393 e. The van der Waals surface area contributed by atoms with Gasteiger partial charge in [0.25, 0.3) is 11.6 Å². The predicted molar refractivity (Wildman–Crippen MR) is 58.1 cm³/mol. The van der Waals surface area contributed by atoms with Crippen LogP contribution in [-0.4, -0.2) is 26.2 Å². The summed E-state index contributed by atoms with van der Waals surface area (Å²) >= 11 is 0. The molecule has 0 aliphatic heterocycles. The minimum Gasteiger partial charge on any atom is -0.474 e. The number of nitro benzene ring substituents is 1. The highest BCUT2D eigenvalue weighted by molar-refractivity contribution is 5.82. The van der Waals surface area contributed by atoms with Crippen LogP contribution in [0.25, 0.3) is 11.5 Å². The summed E-state index contributed by atoms with van der Waals surface area (Å²) in [7, 11) is 0. The molecule has 0 aliphatic carbocycles. The van der Waals surface area contributed by atoms with E-state index in [0.717, 1.165) is 0 Å². The second-order valence-electron chi connectivity index (χ2n) is 3.45. The van der Waals surface area contributed by atoms with E-state index in [2.05, 4.69) is 10.2 Å². The second-order valence-corrected chi connectivity index (χ2v) is 3.45. The van der Waals surface area contributed by atoms with Crippen molar-refractivity contribution in [2.24, 2.45) is 0 Å². The van der Waals surface area contributed by atoms with Crippen LogP contribution in [-0.2, 0) is 0 Å². The number of aromatic carboxylic acids is 1. The first kappa shape index (κ1) is 11.7. The van der Waals surface area contributed by atoms with Gasteiger partial charge in [0.2, 0.25) is 0 Å². The van der Waals surface area contributed by atoms with Gasteiger partial charge < -0.3 is 9.52 Å². The lowest BCUT2D eigenvalue weighted by molar-refractivity contribution is -0.384. The monoisotopic (exact) mass is 249 g/mol. The molecule has 0 radical (unpaired) electrons. The minimum atomic E-state index is -1.39. The summed E-state index contributed by atoms with van der Waals surface area (Å²) in [6.07, 6.45) is 0. The Bertz CT molecular complexity index is 634. The molecule has 8 heteroatoms. The third-order valence-electron chi connectivity index (χ3n) is 2.26. The number of carbonyl (C=O) groups is 1. The summed E-state index contributed by atoms with van der Waals surface area (Å²) in [5.41, 5.74) is 0.339. The topological polar surface area (TPSA) is 119 Å². The fourth-order valence-electron chi connectivity index (χ4n) is 1.49. The van der Waals surface area contributed by atoms with Crippen LogP contribution in [0.4, 0.5) is 5.69 Å². The number of rotatable bonds is 3. The van der Waals surface area contributed by atoms with Crippen molar-refractivity contribution in [3.63, 3.8) is 0 Å². The van der Waals surface area contributed by atoms with Crippen molar-refractivity contribution in [3.05, 3.63) is 39.8 Å². The third-order valence-corrected chi connectivity index (χ3v) is 2.26. The highest BCUT2D eigenvalue weighted by Crippen LogP contribution is 2.31. The van der Waals surface area contributed by atoms with Crippen LogP contribution in [0, 0.1) is 17.0 Å². The molecule has 0 amide bonds. The molecule has 92 valence electrons. The van der Waals surface area contributed by atoms with Crippen molar-refractivity contribution >= 4 is 11.7 Å².